The molecule has 6 nitrogen and oxygen atoms in total. The van der Waals surface area contributed by atoms with E-state index in [4.69, 9.17) is 4.74 Å². The second kappa shape index (κ2) is 8.18. The summed E-state index contributed by atoms with van der Waals surface area (Å²) in [5.41, 5.74) is -0.0431. The third-order valence-electron chi connectivity index (χ3n) is 3.86. The van der Waals surface area contributed by atoms with E-state index in [-0.39, 0.29) is 24.0 Å². The molecule has 0 bridgehead atoms. The first kappa shape index (κ1) is 19.0. The Morgan fingerprint density at radius 1 is 1.24 bits per heavy atom. The van der Waals surface area contributed by atoms with Gasteiger partial charge < -0.3 is 20.3 Å². The molecule has 1 aliphatic heterocycles. The first-order chi connectivity index (χ1) is 11.7. The van der Waals surface area contributed by atoms with E-state index in [1.807, 2.05) is 20.8 Å². The van der Waals surface area contributed by atoms with Crippen LogP contribution in [0.15, 0.2) is 24.3 Å². The third-order valence-corrected chi connectivity index (χ3v) is 3.86. The second-order valence-electron chi connectivity index (χ2n) is 7.17. The smallest absolute Gasteiger partial charge is 0.410 e. The highest BCUT2D eigenvalue weighted by molar-refractivity contribution is 5.89. The van der Waals surface area contributed by atoms with Crippen LogP contribution in [0.1, 0.15) is 40.0 Å². The number of hydrogen-bond acceptors (Lipinski definition) is 3. The topological polar surface area (TPSA) is 70.7 Å². The molecule has 0 aliphatic carbocycles. The zero-order valence-electron chi connectivity index (χ0n) is 15.0. The minimum Gasteiger partial charge on any atom is -0.444 e. The Morgan fingerprint density at radius 2 is 1.92 bits per heavy atom. The molecular weight excluding hydrogens is 325 g/mol. The number of likely N-dealkylation sites (tertiary alicyclic amines) is 1. The van der Waals surface area contributed by atoms with E-state index in [9.17, 15) is 14.0 Å². The van der Waals surface area contributed by atoms with E-state index in [0.29, 0.717) is 18.8 Å². The molecule has 1 aliphatic rings. The summed E-state index contributed by atoms with van der Waals surface area (Å²) < 4.78 is 18.3. The van der Waals surface area contributed by atoms with Crippen LogP contribution < -0.4 is 10.6 Å². The summed E-state index contributed by atoms with van der Waals surface area (Å²) in [6.07, 6.45) is 2.40. The number of benzene rings is 1. The maximum atomic E-state index is 12.9. The van der Waals surface area contributed by atoms with Crippen LogP contribution in [0.5, 0.6) is 0 Å². The molecule has 2 rings (SSSR count). The molecule has 25 heavy (non-hydrogen) atoms. The van der Waals surface area contributed by atoms with Gasteiger partial charge in [-0.2, -0.15) is 0 Å². The molecule has 7 heteroatoms. The predicted octanol–water partition coefficient (Wildman–Crippen LogP) is 3.74. The Balaban J connectivity index is 1.87. The van der Waals surface area contributed by atoms with Gasteiger partial charge in [0.2, 0.25) is 0 Å². The number of rotatable bonds is 3. The number of carbonyl (C=O) groups excluding carboxylic acids is 2. The van der Waals surface area contributed by atoms with Crippen molar-refractivity contribution in [1.82, 2.24) is 10.2 Å². The molecule has 2 N–H and O–H groups in total. The lowest BCUT2D eigenvalue weighted by Gasteiger charge is -2.36. The highest BCUT2D eigenvalue weighted by Gasteiger charge is 2.30. The molecule has 0 saturated carbocycles. The van der Waals surface area contributed by atoms with Gasteiger partial charge in [0.25, 0.3) is 0 Å². The molecule has 0 spiro atoms. The molecule has 1 unspecified atom stereocenters. The first-order valence-corrected chi connectivity index (χ1v) is 8.54. The number of hydrogen-bond donors (Lipinski definition) is 2. The van der Waals surface area contributed by atoms with Gasteiger partial charge in [-0.3, -0.25) is 0 Å². The Labute approximate surface area is 147 Å². The number of amides is 3. The van der Waals surface area contributed by atoms with Gasteiger partial charge in [0.15, 0.2) is 0 Å². The van der Waals surface area contributed by atoms with Crippen molar-refractivity contribution in [3.63, 3.8) is 0 Å². The van der Waals surface area contributed by atoms with E-state index < -0.39 is 5.60 Å². The Kier molecular flexibility index (Phi) is 6.22. The summed E-state index contributed by atoms with van der Waals surface area (Å²) in [5.74, 6) is -0.360. The van der Waals surface area contributed by atoms with Gasteiger partial charge >= 0.3 is 12.1 Å². The van der Waals surface area contributed by atoms with E-state index in [2.05, 4.69) is 10.6 Å². The molecular formula is C18H26FN3O3. The SMILES string of the molecule is CC(C)(C)OC(=O)N1CCCCC1CNC(=O)Nc1ccc(F)cc1. The summed E-state index contributed by atoms with van der Waals surface area (Å²) in [4.78, 5) is 26.0. The van der Waals surface area contributed by atoms with E-state index >= 15 is 0 Å². The zero-order valence-corrected chi connectivity index (χ0v) is 15.0. The summed E-state index contributed by atoms with van der Waals surface area (Å²) in [6.45, 7) is 6.46. The van der Waals surface area contributed by atoms with E-state index in [1.165, 1.54) is 24.3 Å². The lowest BCUT2D eigenvalue weighted by Crippen LogP contribution is -2.51. The van der Waals surface area contributed by atoms with Gasteiger partial charge in [0.1, 0.15) is 11.4 Å². The highest BCUT2D eigenvalue weighted by Crippen LogP contribution is 2.20. The highest BCUT2D eigenvalue weighted by atomic mass is 19.1. The van der Waals surface area contributed by atoms with Crippen LogP contribution in [-0.4, -0.2) is 41.8 Å². The van der Waals surface area contributed by atoms with Crippen molar-refractivity contribution in [2.45, 2.75) is 51.7 Å². The first-order valence-electron chi connectivity index (χ1n) is 8.54. The minimum atomic E-state index is -0.549. The number of nitrogens with zero attached hydrogens (tertiary/aromatic N) is 1. The van der Waals surface area contributed by atoms with Crippen LogP contribution in [0.3, 0.4) is 0 Å². The zero-order chi connectivity index (χ0) is 18.4. The molecule has 1 aromatic rings. The number of anilines is 1. The lowest BCUT2D eigenvalue weighted by molar-refractivity contribution is 0.0102. The molecule has 0 aromatic heterocycles. The summed E-state index contributed by atoms with van der Waals surface area (Å²) >= 11 is 0. The number of carbonyl (C=O) groups is 2. The standard InChI is InChI=1S/C18H26FN3O3/c1-18(2,3)25-17(24)22-11-5-4-6-15(22)12-20-16(23)21-14-9-7-13(19)8-10-14/h7-10,15H,4-6,11-12H2,1-3H3,(H2,20,21,23). The molecule has 0 radical (unpaired) electrons. The number of urea groups is 1. The summed E-state index contributed by atoms with van der Waals surface area (Å²) in [5, 5.41) is 5.41. The van der Waals surface area contributed by atoms with Crippen molar-refractivity contribution in [3.8, 4) is 0 Å². The fourth-order valence-electron chi connectivity index (χ4n) is 2.69. The quantitative estimate of drug-likeness (QED) is 0.871. The van der Waals surface area contributed by atoms with Crippen LogP contribution in [-0.2, 0) is 4.74 Å². The number of halogens is 1. The van der Waals surface area contributed by atoms with Crippen LogP contribution in [0, 0.1) is 5.82 Å². The van der Waals surface area contributed by atoms with E-state index in [1.54, 1.807) is 4.90 Å². The molecule has 1 heterocycles. The van der Waals surface area contributed by atoms with Crippen molar-refractivity contribution in [2.24, 2.45) is 0 Å². The molecule has 138 valence electrons. The third kappa shape index (κ3) is 6.25. The van der Waals surface area contributed by atoms with Crippen LogP contribution >= 0.6 is 0 Å². The van der Waals surface area contributed by atoms with Crippen molar-refractivity contribution in [1.29, 1.82) is 0 Å². The Bertz CT molecular complexity index is 599. The molecule has 1 aromatic carbocycles. The average Bonchev–Trinajstić information content (AvgIpc) is 2.54. The van der Waals surface area contributed by atoms with Crippen molar-refractivity contribution < 1.29 is 18.7 Å². The van der Waals surface area contributed by atoms with Crippen molar-refractivity contribution in [2.75, 3.05) is 18.4 Å². The Morgan fingerprint density at radius 3 is 2.56 bits per heavy atom. The van der Waals surface area contributed by atoms with Crippen molar-refractivity contribution in [3.05, 3.63) is 30.1 Å². The van der Waals surface area contributed by atoms with Gasteiger partial charge in [-0.05, 0) is 64.3 Å². The van der Waals surface area contributed by atoms with E-state index in [0.717, 1.165) is 19.3 Å². The summed E-state index contributed by atoms with van der Waals surface area (Å²) in [6, 6.07) is 5.05. The predicted molar refractivity (Wildman–Crippen MR) is 94.0 cm³/mol. The largest absolute Gasteiger partial charge is 0.444 e. The second-order valence-corrected chi connectivity index (χ2v) is 7.17. The normalized spacial score (nSPS) is 17.8. The monoisotopic (exact) mass is 351 g/mol. The van der Waals surface area contributed by atoms with Gasteiger partial charge in [-0.25, -0.2) is 14.0 Å². The Hall–Kier alpha value is -2.31. The summed E-state index contributed by atoms with van der Waals surface area (Å²) in [7, 11) is 0. The molecule has 1 fully saturated rings. The molecule has 1 saturated heterocycles. The van der Waals surface area contributed by atoms with Crippen LogP contribution in [0.4, 0.5) is 19.7 Å². The van der Waals surface area contributed by atoms with Crippen molar-refractivity contribution >= 4 is 17.8 Å². The average molecular weight is 351 g/mol. The fourth-order valence-corrected chi connectivity index (χ4v) is 2.69. The van der Waals surface area contributed by atoms with Crippen LogP contribution in [0.2, 0.25) is 0 Å². The number of nitrogens with one attached hydrogen (secondary N) is 2. The fraction of sp³-hybridized carbons (Fsp3) is 0.556. The number of ether oxygens (including phenoxy) is 1. The number of piperidine rings is 1. The molecule has 1 atom stereocenters. The maximum absolute atomic E-state index is 12.9. The van der Waals surface area contributed by atoms with Crippen LogP contribution in [0.25, 0.3) is 0 Å². The maximum Gasteiger partial charge on any atom is 0.410 e. The molecule has 3 amide bonds. The van der Waals surface area contributed by atoms with Gasteiger partial charge in [-0.15, -0.1) is 0 Å². The van der Waals surface area contributed by atoms with Gasteiger partial charge in [0, 0.05) is 18.8 Å². The van der Waals surface area contributed by atoms with Gasteiger partial charge in [0.05, 0.1) is 6.04 Å². The van der Waals surface area contributed by atoms with Gasteiger partial charge in [-0.1, -0.05) is 0 Å². The lowest BCUT2D eigenvalue weighted by atomic mass is 10.0. The minimum absolute atomic E-state index is 0.0948.